The third kappa shape index (κ3) is 4.09. The molecule has 0 radical (unpaired) electrons. The van der Waals surface area contributed by atoms with E-state index in [1.54, 1.807) is 11.3 Å². The van der Waals surface area contributed by atoms with Gasteiger partial charge >= 0.3 is 0 Å². The molecule has 0 amide bonds. The Morgan fingerprint density at radius 1 is 1.21 bits per heavy atom. The van der Waals surface area contributed by atoms with Gasteiger partial charge in [-0.3, -0.25) is 0 Å². The van der Waals surface area contributed by atoms with Crippen LogP contribution in [0.4, 0.5) is 8.78 Å². The van der Waals surface area contributed by atoms with Crippen LogP contribution >= 0.6 is 27.3 Å². The van der Waals surface area contributed by atoms with Crippen LogP contribution in [0.3, 0.4) is 0 Å². The molecule has 1 nitrogen and oxygen atoms in total. The minimum atomic E-state index is -0.479. The number of halogens is 3. The number of nitrogens with one attached hydrogen (secondary N) is 1. The van der Waals surface area contributed by atoms with E-state index in [0.29, 0.717) is 13.0 Å². The Morgan fingerprint density at radius 3 is 2.47 bits per heavy atom. The van der Waals surface area contributed by atoms with Crippen LogP contribution in [-0.2, 0) is 13.0 Å². The van der Waals surface area contributed by atoms with E-state index in [-0.39, 0.29) is 11.6 Å². The molecule has 102 valence electrons. The van der Waals surface area contributed by atoms with Crippen LogP contribution in [0.25, 0.3) is 0 Å². The Balaban J connectivity index is 1.92. The van der Waals surface area contributed by atoms with Crippen molar-refractivity contribution < 1.29 is 8.78 Å². The van der Waals surface area contributed by atoms with E-state index < -0.39 is 11.6 Å². The van der Waals surface area contributed by atoms with E-state index in [2.05, 4.69) is 21.2 Å². The highest BCUT2D eigenvalue weighted by molar-refractivity contribution is 9.11. The lowest BCUT2D eigenvalue weighted by Crippen LogP contribution is -2.28. The Morgan fingerprint density at radius 2 is 1.89 bits per heavy atom. The maximum atomic E-state index is 13.5. The molecule has 0 aliphatic heterocycles. The summed E-state index contributed by atoms with van der Waals surface area (Å²) in [4.78, 5) is 1.19. The van der Waals surface area contributed by atoms with Gasteiger partial charge < -0.3 is 5.32 Å². The van der Waals surface area contributed by atoms with Gasteiger partial charge in [-0.2, -0.15) is 0 Å². The molecule has 0 bridgehead atoms. The standard InChI is InChI=1S/C14H14BrF2NS/c1-9(18-8-10-5-6-14(15)19-10)7-11-12(16)3-2-4-13(11)17/h2-6,9,18H,7-8H2,1H3. The lowest BCUT2D eigenvalue weighted by Gasteiger charge is -2.14. The molecular weight excluding hydrogens is 332 g/mol. The van der Waals surface area contributed by atoms with E-state index in [9.17, 15) is 8.78 Å². The first-order valence-electron chi connectivity index (χ1n) is 5.96. The topological polar surface area (TPSA) is 12.0 Å². The summed E-state index contributed by atoms with van der Waals surface area (Å²) in [7, 11) is 0. The van der Waals surface area contributed by atoms with Gasteiger partial charge in [-0.15, -0.1) is 11.3 Å². The fourth-order valence-corrected chi connectivity index (χ4v) is 3.26. The number of benzene rings is 1. The van der Waals surface area contributed by atoms with E-state index in [1.807, 2.05) is 19.1 Å². The normalized spacial score (nSPS) is 12.6. The van der Waals surface area contributed by atoms with Gasteiger partial charge in [0.1, 0.15) is 11.6 Å². The fraction of sp³-hybridized carbons (Fsp3) is 0.286. The number of rotatable bonds is 5. The highest BCUT2D eigenvalue weighted by Crippen LogP contribution is 2.22. The van der Waals surface area contributed by atoms with Gasteiger partial charge in [-0.05, 0) is 53.5 Å². The Kier molecular flexibility index (Phi) is 5.07. The summed E-state index contributed by atoms with van der Waals surface area (Å²) < 4.78 is 28.1. The summed E-state index contributed by atoms with van der Waals surface area (Å²) in [6.07, 6.45) is 0.338. The molecule has 19 heavy (non-hydrogen) atoms. The smallest absolute Gasteiger partial charge is 0.129 e. The van der Waals surface area contributed by atoms with Crippen molar-refractivity contribution in [2.45, 2.75) is 25.9 Å². The zero-order valence-corrected chi connectivity index (χ0v) is 12.8. The monoisotopic (exact) mass is 345 g/mol. The molecule has 1 heterocycles. The molecule has 1 atom stereocenters. The van der Waals surface area contributed by atoms with Crippen LogP contribution in [-0.4, -0.2) is 6.04 Å². The second-order valence-corrected chi connectivity index (χ2v) is 6.94. The predicted molar refractivity (Wildman–Crippen MR) is 78.4 cm³/mol. The first kappa shape index (κ1) is 14.6. The molecule has 1 N–H and O–H groups in total. The Bertz CT molecular complexity index is 536. The summed E-state index contributed by atoms with van der Waals surface area (Å²) in [6.45, 7) is 2.63. The SMILES string of the molecule is CC(Cc1c(F)cccc1F)NCc1ccc(Br)s1. The van der Waals surface area contributed by atoms with Crippen LogP contribution in [0.5, 0.6) is 0 Å². The summed E-state index contributed by atoms with van der Waals surface area (Å²) in [6, 6.07) is 7.99. The van der Waals surface area contributed by atoms with Gasteiger partial charge in [0.25, 0.3) is 0 Å². The van der Waals surface area contributed by atoms with E-state index in [1.165, 1.54) is 23.1 Å². The molecular formula is C14H14BrF2NS. The number of hydrogen-bond acceptors (Lipinski definition) is 2. The molecule has 0 saturated heterocycles. The minimum Gasteiger partial charge on any atom is -0.309 e. The minimum absolute atomic E-state index is 0.00674. The average Bonchev–Trinajstić information content (AvgIpc) is 2.77. The average molecular weight is 346 g/mol. The molecule has 1 aromatic carbocycles. The molecule has 1 unspecified atom stereocenters. The van der Waals surface area contributed by atoms with E-state index >= 15 is 0 Å². The van der Waals surface area contributed by atoms with Crippen LogP contribution in [0.2, 0.25) is 0 Å². The van der Waals surface area contributed by atoms with E-state index in [4.69, 9.17) is 0 Å². The maximum Gasteiger partial charge on any atom is 0.129 e. The van der Waals surface area contributed by atoms with Gasteiger partial charge in [-0.1, -0.05) is 6.07 Å². The summed E-state index contributed by atoms with van der Waals surface area (Å²) in [5.41, 5.74) is 0.148. The van der Waals surface area contributed by atoms with Crippen LogP contribution in [0, 0.1) is 11.6 Å². The van der Waals surface area contributed by atoms with Crippen LogP contribution in [0.1, 0.15) is 17.4 Å². The fourth-order valence-electron chi connectivity index (χ4n) is 1.83. The van der Waals surface area contributed by atoms with Gasteiger partial charge in [0.05, 0.1) is 3.79 Å². The van der Waals surface area contributed by atoms with Crippen molar-refractivity contribution in [1.29, 1.82) is 0 Å². The molecule has 1 aromatic heterocycles. The molecule has 2 aromatic rings. The quantitative estimate of drug-likeness (QED) is 0.840. The molecule has 0 aliphatic rings. The first-order chi connectivity index (χ1) is 9.06. The summed E-state index contributed by atoms with van der Waals surface area (Å²) >= 11 is 5.05. The molecule has 0 aliphatic carbocycles. The van der Waals surface area contributed by atoms with Crippen molar-refractivity contribution in [3.8, 4) is 0 Å². The van der Waals surface area contributed by atoms with E-state index in [0.717, 1.165) is 3.79 Å². The number of thiophene rings is 1. The van der Waals surface area contributed by atoms with Crippen molar-refractivity contribution in [2.75, 3.05) is 0 Å². The molecule has 5 heteroatoms. The molecule has 2 rings (SSSR count). The second kappa shape index (κ2) is 6.59. The Hall–Kier alpha value is -0.780. The van der Waals surface area contributed by atoms with Gasteiger partial charge in [0.2, 0.25) is 0 Å². The van der Waals surface area contributed by atoms with Gasteiger partial charge in [0.15, 0.2) is 0 Å². The summed E-state index contributed by atoms with van der Waals surface area (Å²) in [5, 5.41) is 3.27. The number of hydrogen-bond donors (Lipinski definition) is 1. The highest BCUT2D eigenvalue weighted by Gasteiger charge is 2.12. The largest absolute Gasteiger partial charge is 0.309 e. The zero-order valence-electron chi connectivity index (χ0n) is 10.4. The zero-order chi connectivity index (χ0) is 13.8. The van der Waals surface area contributed by atoms with Crippen LogP contribution < -0.4 is 5.32 Å². The Labute approximate surface area is 123 Å². The van der Waals surface area contributed by atoms with Crippen molar-refractivity contribution in [1.82, 2.24) is 5.32 Å². The van der Waals surface area contributed by atoms with Crippen molar-refractivity contribution >= 4 is 27.3 Å². The molecule has 0 saturated carbocycles. The highest BCUT2D eigenvalue weighted by atomic mass is 79.9. The maximum absolute atomic E-state index is 13.5. The van der Waals surface area contributed by atoms with Crippen LogP contribution in [0.15, 0.2) is 34.1 Å². The van der Waals surface area contributed by atoms with Gasteiger partial charge in [-0.25, -0.2) is 8.78 Å². The van der Waals surface area contributed by atoms with Crippen molar-refractivity contribution in [2.24, 2.45) is 0 Å². The summed E-state index contributed by atoms with van der Waals surface area (Å²) in [5.74, 6) is -0.958. The van der Waals surface area contributed by atoms with Gasteiger partial charge in [0, 0.05) is 23.0 Å². The third-order valence-electron chi connectivity index (χ3n) is 2.83. The lowest BCUT2D eigenvalue weighted by molar-refractivity contribution is 0.501. The predicted octanol–water partition coefficient (Wildman–Crippen LogP) is 4.51. The second-order valence-electron chi connectivity index (χ2n) is 4.39. The molecule has 0 fully saturated rings. The lowest BCUT2D eigenvalue weighted by atomic mass is 10.1. The third-order valence-corrected chi connectivity index (χ3v) is 4.45. The first-order valence-corrected chi connectivity index (χ1v) is 7.57. The van der Waals surface area contributed by atoms with Crippen molar-refractivity contribution in [3.63, 3.8) is 0 Å². The van der Waals surface area contributed by atoms with Crippen molar-refractivity contribution in [3.05, 3.63) is 56.2 Å². The molecule has 0 spiro atoms.